The summed E-state index contributed by atoms with van der Waals surface area (Å²) in [6.07, 6.45) is 0. The topological polar surface area (TPSA) is 51.0 Å². The molecule has 0 atom stereocenters. The fourth-order valence-electron chi connectivity index (χ4n) is 1.72. The van der Waals surface area contributed by atoms with E-state index in [2.05, 4.69) is 24.9 Å². The number of ether oxygens (including phenoxy) is 1. The van der Waals surface area contributed by atoms with E-state index in [0.717, 1.165) is 11.3 Å². The van der Waals surface area contributed by atoms with Crippen LogP contribution in [0, 0.1) is 13.8 Å². The van der Waals surface area contributed by atoms with Crippen LogP contribution in [0.5, 0.6) is 5.75 Å². The molecule has 0 aliphatic rings. The molecule has 0 amide bonds. The zero-order valence-corrected chi connectivity index (χ0v) is 9.13. The maximum atomic E-state index is 5.47. The summed E-state index contributed by atoms with van der Waals surface area (Å²) in [6, 6.07) is 6.09. The van der Waals surface area contributed by atoms with Crippen LogP contribution in [-0.2, 0) is 0 Å². The molecule has 2 rings (SSSR count). The van der Waals surface area contributed by atoms with Crippen LogP contribution in [-0.4, -0.2) is 18.1 Å². The Hall–Kier alpha value is -1.48. The highest BCUT2D eigenvalue weighted by Crippen LogP contribution is 2.25. The number of hydrogen-bond acceptors (Lipinski definition) is 2. The van der Waals surface area contributed by atoms with Gasteiger partial charge in [-0.15, -0.1) is 0 Å². The van der Waals surface area contributed by atoms with Gasteiger partial charge < -0.3 is 15.5 Å². The molecule has 0 spiro atoms. The Kier molecular flexibility index (Phi) is 2.64. The Bertz CT molecular complexity index is 474. The van der Waals surface area contributed by atoms with E-state index in [9.17, 15) is 0 Å². The zero-order chi connectivity index (χ0) is 10.8. The molecule has 1 heterocycles. The number of H-pyrrole nitrogens is 1. The molecule has 1 aromatic carbocycles. The van der Waals surface area contributed by atoms with Crippen molar-refractivity contribution in [1.29, 1.82) is 0 Å². The standard InChI is InChI=1S/C12H16N2O/c1-8-9(2)14-12-7-10(15-6-5-13)3-4-11(8)12/h3-4,7,14H,5-6,13H2,1-2H3. The molecule has 0 fully saturated rings. The number of nitrogens with two attached hydrogens (primary N) is 1. The van der Waals surface area contributed by atoms with Gasteiger partial charge in [-0.25, -0.2) is 0 Å². The number of hydrogen-bond donors (Lipinski definition) is 2. The molecule has 3 heteroatoms. The average molecular weight is 204 g/mol. The van der Waals surface area contributed by atoms with Gasteiger partial charge in [-0.2, -0.15) is 0 Å². The van der Waals surface area contributed by atoms with Crippen LogP contribution in [0.25, 0.3) is 10.9 Å². The van der Waals surface area contributed by atoms with Crippen molar-refractivity contribution < 1.29 is 4.74 Å². The van der Waals surface area contributed by atoms with Crippen molar-refractivity contribution in [2.24, 2.45) is 5.73 Å². The van der Waals surface area contributed by atoms with E-state index in [0.29, 0.717) is 13.2 Å². The molecule has 15 heavy (non-hydrogen) atoms. The first-order valence-corrected chi connectivity index (χ1v) is 5.14. The molecule has 0 bridgehead atoms. The van der Waals surface area contributed by atoms with Crippen molar-refractivity contribution in [3.05, 3.63) is 29.5 Å². The van der Waals surface area contributed by atoms with E-state index < -0.39 is 0 Å². The minimum absolute atomic E-state index is 0.542. The lowest BCUT2D eigenvalue weighted by atomic mass is 10.1. The number of nitrogens with one attached hydrogen (secondary N) is 1. The summed E-state index contributed by atoms with van der Waals surface area (Å²) in [5.74, 6) is 0.870. The minimum Gasteiger partial charge on any atom is -0.492 e. The van der Waals surface area contributed by atoms with E-state index in [1.807, 2.05) is 12.1 Å². The van der Waals surface area contributed by atoms with Gasteiger partial charge in [-0.1, -0.05) is 0 Å². The van der Waals surface area contributed by atoms with E-state index in [-0.39, 0.29) is 0 Å². The van der Waals surface area contributed by atoms with Crippen LogP contribution in [0.1, 0.15) is 11.3 Å². The fraction of sp³-hybridized carbons (Fsp3) is 0.333. The van der Waals surface area contributed by atoms with Crippen molar-refractivity contribution >= 4 is 10.9 Å². The summed E-state index contributed by atoms with van der Waals surface area (Å²) in [5, 5.41) is 1.26. The predicted octanol–water partition coefficient (Wildman–Crippen LogP) is 2.12. The molecule has 80 valence electrons. The highest BCUT2D eigenvalue weighted by atomic mass is 16.5. The second-order valence-electron chi connectivity index (χ2n) is 3.72. The van der Waals surface area contributed by atoms with Crippen LogP contribution in [0.15, 0.2) is 18.2 Å². The van der Waals surface area contributed by atoms with Crippen LogP contribution in [0.2, 0.25) is 0 Å². The maximum Gasteiger partial charge on any atom is 0.121 e. The van der Waals surface area contributed by atoms with Crippen molar-refractivity contribution in [1.82, 2.24) is 4.98 Å². The van der Waals surface area contributed by atoms with Crippen molar-refractivity contribution in [2.75, 3.05) is 13.2 Å². The minimum atomic E-state index is 0.542. The molecule has 0 aliphatic carbocycles. The molecule has 0 aliphatic heterocycles. The second kappa shape index (κ2) is 3.95. The molecular formula is C12H16N2O. The lowest BCUT2D eigenvalue weighted by molar-refractivity contribution is 0.329. The third kappa shape index (κ3) is 1.83. The summed E-state index contributed by atoms with van der Waals surface area (Å²) in [7, 11) is 0. The first kappa shape index (κ1) is 10.1. The molecule has 3 nitrogen and oxygen atoms in total. The number of aromatic amines is 1. The summed E-state index contributed by atoms with van der Waals surface area (Å²) in [5.41, 5.74) is 9.02. The highest BCUT2D eigenvalue weighted by Gasteiger charge is 2.04. The summed E-state index contributed by atoms with van der Waals surface area (Å²) >= 11 is 0. The normalized spacial score (nSPS) is 10.9. The van der Waals surface area contributed by atoms with Gasteiger partial charge in [0.2, 0.25) is 0 Å². The Balaban J connectivity index is 2.39. The van der Waals surface area contributed by atoms with E-state index >= 15 is 0 Å². The number of aromatic nitrogens is 1. The zero-order valence-electron chi connectivity index (χ0n) is 9.13. The number of rotatable bonds is 3. The molecular weight excluding hydrogens is 188 g/mol. The first-order valence-electron chi connectivity index (χ1n) is 5.14. The van der Waals surface area contributed by atoms with Gasteiger partial charge in [0, 0.05) is 29.2 Å². The monoisotopic (exact) mass is 204 g/mol. The Labute approximate surface area is 89.2 Å². The molecule has 0 saturated carbocycles. The molecule has 1 aromatic heterocycles. The summed E-state index contributed by atoms with van der Waals surface area (Å²) < 4.78 is 5.47. The molecule has 3 N–H and O–H groups in total. The van der Waals surface area contributed by atoms with Crippen LogP contribution in [0.3, 0.4) is 0 Å². The lowest BCUT2D eigenvalue weighted by Gasteiger charge is -2.03. The van der Waals surface area contributed by atoms with Crippen LogP contribution in [0.4, 0.5) is 0 Å². The predicted molar refractivity (Wildman–Crippen MR) is 62.3 cm³/mol. The lowest BCUT2D eigenvalue weighted by Crippen LogP contribution is -2.10. The van der Waals surface area contributed by atoms with Crippen molar-refractivity contribution in [2.45, 2.75) is 13.8 Å². The summed E-state index contributed by atoms with van der Waals surface area (Å²) in [4.78, 5) is 3.33. The van der Waals surface area contributed by atoms with Crippen LogP contribution < -0.4 is 10.5 Å². The van der Waals surface area contributed by atoms with Gasteiger partial charge in [0.25, 0.3) is 0 Å². The Morgan fingerprint density at radius 3 is 2.87 bits per heavy atom. The fourth-order valence-corrected chi connectivity index (χ4v) is 1.72. The number of fused-ring (bicyclic) bond motifs is 1. The van der Waals surface area contributed by atoms with Gasteiger partial charge in [0.05, 0.1) is 0 Å². The molecule has 0 saturated heterocycles. The van der Waals surface area contributed by atoms with E-state index in [1.165, 1.54) is 16.6 Å². The molecule has 0 radical (unpaired) electrons. The smallest absolute Gasteiger partial charge is 0.121 e. The molecule has 2 aromatic rings. The largest absolute Gasteiger partial charge is 0.492 e. The van der Waals surface area contributed by atoms with Gasteiger partial charge >= 0.3 is 0 Å². The van der Waals surface area contributed by atoms with Crippen molar-refractivity contribution in [3.63, 3.8) is 0 Å². The third-order valence-electron chi connectivity index (χ3n) is 2.67. The Morgan fingerprint density at radius 2 is 2.13 bits per heavy atom. The van der Waals surface area contributed by atoms with Gasteiger partial charge in [0.1, 0.15) is 12.4 Å². The SMILES string of the molecule is Cc1[nH]c2cc(OCCN)ccc2c1C. The summed E-state index contributed by atoms with van der Waals surface area (Å²) in [6.45, 7) is 5.30. The van der Waals surface area contributed by atoms with E-state index in [4.69, 9.17) is 10.5 Å². The average Bonchev–Trinajstić information content (AvgIpc) is 2.52. The quantitative estimate of drug-likeness (QED) is 0.804. The maximum absolute atomic E-state index is 5.47. The van der Waals surface area contributed by atoms with Gasteiger partial charge in [-0.3, -0.25) is 0 Å². The Morgan fingerprint density at radius 1 is 1.33 bits per heavy atom. The van der Waals surface area contributed by atoms with Gasteiger partial charge in [-0.05, 0) is 31.5 Å². The molecule has 0 unspecified atom stereocenters. The van der Waals surface area contributed by atoms with Gasteiger partial charge in [0.15, 0.2) is 0 Å². The first-order chi connectivity index (χ1) is 7.22. The second-order valence-corrected chi connectivity index (χ2v) is 3.72. The number of benzene rings is 1. The van der Waals surface area contributed by atoms with Crippen LogP contribution >= 0.6 is 0 Å². The highest BCUT2D eigenvalue weighted by molar-refractivity contribution is 5.85. The number of aryl methyl sites for hydroxylation is 2. The third-order valence-corrected chi connectivity index (χ3v) is 2.67. The van der Waals surface area contributed by atoms with E-state index in [1.54, 1.807) is 0 Å². The van der Waals surface area contributed by atoms with Crippen molar-refractivity contribution in [3.8, 4) is 5.75 Å².